The summed E-state index contributed by atoms with van der Waals surface area (Å²) in [6.07, 6.45) is 1.81. The Balaban J connectivity index is 2.14. The number of para-hydroxylation sites is 1. The van der Waals surface area contributed by atoms with E-state index < -0.39 is 0 Å². The fourth-order valence-corrected chi connectivity index (χ4v) is 2.48. The van der Waals surface area contributed by atoms with Gasteiger partial charge in [-0.25, -0.2) is 4.98 Å². The predicted molar refractivity (Wildman–Crippen MR) is 86.6 cm³/mol. The highest BCUT2D eigenvalue weighted by atomic mass is 79.9. The lowest BCUT2D eigenvalue weighted by atomic mass is 10.2. The van der Waals surface area contributed by atoms with Crippen LogP contribution in [0, 0.1) is 0 Å². The Morgan fingerprint density at radius 1 is 0.750 bits per heavy atom. The molecule has 0 N–H and O–H groups in total. The van der Waals surface area contributed by atoms with Crippen LogP contribution in [0.15, 0.2) is 83.5 Å². The van der Waals surface area contributed by atoms with Crippen molar-refractivity contribution in [2.24, 2.45) is 0 Å². The summed E-state index contributed by atoms with van der Waals surface area (Å²) in [5.74, 6) is 0.900. The Bertz CT molecular complexity index is 644. The average Bonchev–Trinajstić information content (AvgIpc) is 2.50. The number of aromatic nitrogens is 1. The first-order valence-electron chi connectivity index (χ1n) is 6.36. The van der Waals surface area contributed by atoms with Crippen LogP contribution >= 0.6 is 15.9 Å². The van der Waals surface area contributed by atoms with Gasteiger partial charge < -0.3 is 0 Å². The van der Waals surface area contributed by atoms with Gasteiger partial charge in [0.15, 0.2) is 0 Å². The summed E-state index contributed by atoms with van der Waals surface area (Å²) in [7, 11) is 0. The molecule has 2 nitrogen and oxygen atoms in total. The maximum absolute atomic E-state index is 4.47. The lowest BCUT2D eigenvalue weighted by Crippen LogP contribution is -2.11. The summed E-state index contributed by atoms with van der Waals surface area (Å²) < 4.78 is 1.05. The maximum atomic E-state index is 4.47. The maximum Gasteiger partial charge on any atom is 0.137 e. The molecule has 3 heteroatoms. The molecule has 0 aliphatic rings. The molecule has 0 bridgehead atoms. The first kappa shape index (κ1) is 12.9. The van der Waals surface area contributed by atoms with Crippen LogP contribution in [0.4, 0.5) is 17.2 Å². The monoisotopic (exact) mass is 324 g/mol. The number of nitrogens with zero attached hydrogens (tertiary/aromatic N) is 2. The van der Waals surface area contributed by atoms with E-state index in [0.717, 1.165) is 21.7 Å². The van der Waals surface area contributed by atoms with Gasteiger partial charge >= 0.3 is 0 Å². The Morgan fingerprint density at radius 2 is 1.50 bits per heavy atom. The minimum absolute atomic E-state index is 0.900. The molecule has 0 spiro atoms. The van der Waals surface area contributed by atoms with Crippen LogP contribution in [0.1, 0.15) is 0 Å². The molecular weight excluding hydrogens is 312 g/mol. The zero-order valence-corrected chi connectivity index (χ0v) is 12.4. The first-order valence-corrected chi connectivity index (χ1v) is 7.16. The van der Waals surface area contributed by atoms with Crippen LogP contribution in [0.5, 0.6) is 0 Å². The number of hydrogen-bond donors (Lipinski definition) is 0. The molecule has 0 fully saturated rings. The van der Waals surface area contributed by atoms with E-state index in [-0.39, 0.29) is 0 Å². The summed E-state index contributed by atoms with van der Waals surface area (Å²) >= 11 is 3.53. The highest BCUT2D eigenvalue weighted by Crippen LogP contribution is 2.33. The van der Waals surface area contributed by atoms with E-state index in [0.29, 0.717) is 0 Å². The van der Waals surface area contributed by atoms with Crippen molar-refractivity contribution >= 4 is 33.1 Å². The molecule has 2 aromatic carbocycles. The normalized spacial score (nSPS) is 10.2. The van der Waals surface area contributed by atoms with E-state index in [9.17, 15) is 0 Å². The molecule has 1 aromatic heterocycles. The predicted octanol–water partition coefficient (Wildman–Crippen LogP) is 5.31. The van der Waals surface area contributed by atoms with Crippen molar-refractivity contribution in [1.82, 2.24) is 4.98 Å². The van der Waals surface area contributed by atoms with Gasteiger partial charge in [-0.15, -0.1) is 0 Å². The minimum Gasteiger partial charge on any atom is -0.295 e. The molecule has 0 amide bonds. The van der Waals surface area contributed by atoms with E-state index in [1.165, 1.54) is 0 Å². The second-order valence-corrected chi connectivity index (χ2v) is 5.25. The molecule has 0 aliphatic carbocycles. The lowest BCUT2D eigenvalue weighted by Gasteiger charge is -2.24. The number of anilines is 3. The summed E-state index contributed by atoms with van der Waals surface area (Å²) in [4.78, 5) is 6.60. The second-order valence-electron chi connectivity index (χ2n) is 4.34. The SMILES string of the molecule is Brc1cccc(N(c2ccccc2)c2ccccn2)c1. The number of pyridine rings is 1. The third-order valence-corrected chi connectivity index (χ3v) is 3.45. The van der Waals surface area contributed by atoms with Crippen molar-refractivity contribution in [1.29, 1.82) is 0 Å². The Kier molecular flexibility index (Phi) is 3.79. The number of hydrogen-bond acceptors (Lipinski definition) is 2. The largest absolute Gasteiger partial charge is 0.295 e. The van der Waals surface area contributed by atoms with Crippen LogP contribution in [0.3, 0.4) is 0 Å². The molecule has 3 rings (SSSR count). The Morgan fingerprint density at radius 3 is 2.20 bits per heavy atom. The number of rotatable bonds is 3. The smallest absolute Gasteiger partial charge is 0.137 e. The molecule has 20 heavy (non-hydrogen) atoms. The molecule has 0 atom stereocenters. The van der Waals surface area contributed by atoms with Gasteiger partial charge in [-0.3, -0.25) is 4.90 Å². The fourth-order valence-electron chi connectivity index (χ4n) is 2.09. The molecule has 0 aliphatic heterocycles. The van der Waals surface area contributed by atoms with Crippen LogP contribution in [-0.2, 0) is 0 Å². The van der Waals surface area contributed by atoms with Gasteiger partial charge in [-0.2, -0.15) is 0 Å². The fraction of sp³-hybridized carbons (Fsp3) is 0. The molecule has 0 radical (unpaired) electrons. The van der Waals surface area contributed by atoms with Crippen LogP contribution in [-0.4, -0.2) is 4.98 Å². The zero-order chi connectivity index (χ0) is 13.8. The van der Waals surface area contributed by atoms with Crippen LogP contribution < -0.4 is 4.90 Å². The molecule has 98 valence electrons. The van der Waals surface area contributed by atoms with Crippen molar-refractivity contribution in [3.05, 3.63) is 83.5 Å². The third-order valence-electron chi connectivity index (χ3n) is 2.96. The van der Waals surface area contributed by atoms with E-state index in [1.807, 2.05) is 54.7 Å². The Hall–Kier alpha value is -2.13. The summed E-state index contributed by atoms with van der Waals surface area (Å²) in [6, 6.07) is 24.4. The first-order chi connectivity index (χ1) is 9.84. The van der Waals surface area contributed by atoms with Crippen molar-refractivity contribution in [2.75, 3.05) is 4.90 Å². The van der Waals surface area contributed by atoms with Crippen molar-refractivity contribution < 1.29 is 0 Å². The average molecular weight is 325 g/mol. The van der Waals surface area contributed by atoms with Crippen LogP contribution in [0.25, 0.3) is 0 Å². The highest BCUT2D eigenvalue weighted by Gasteiger charge is 2.12. The number of benzene rings is 2. The minimum atomic E-state index is 0.900. The van der Waals surface area contributed by atoms with Crippen LogP contribution in [0.2, 0.25) is 0 Å². The standard InChI is InChI=1S/C17H13BrN2/c18-14-7-6-10-16(13-14)20(15-8-2-1-3-9-15)17-11-4-5-12-19-17/h1-13H. The Labute approximate surface area is 126 Å². The topological polar surface area (TPSA) is 16.1 Å². The molecule has 3 aromatic rings. The van der Waals surface area contributed by atoms with Gasteiger partial charge in [0, 0.05) is 22.0 Å². The van der Waals surface area contributed by atoms with Gasteiger partial charge in [-0.05, 0) is 42.5 Å². The van der Waals surface area contributed by atoms with Gasteiger partial charge in [0.25, 0.3) is 0 Å². The highest BCUT2D eigenvalue weighted by molar-refractivity contribution is 9.10. The lowest BCUT2D eigenvalue weighted by molar-refractivity contribution is 1.18. The van der Waals surface area contributed by atoms with Crippen molar-refractivity contribution in [3.63, 3.8) is 0 Å². The van der Waals surface area contributed by atoms with E-state index >= 15 is 0 Å². The van der Waals surface area contributed by atoms with E-state index in [2.05, 4.69) is 50.1 Å². The van der Waals surface area contributed by atoms with Gasteiger partial charge in [-0.1, -0.05) is 46.3 Å². The second kappa shape index (κ2) is 5.88. The van der Waals surface area contributed by atoms with E-state index in [1.54, 1.807) is 0 Å². The van der Waals surface area contributed by atoms with Crippen molar-refractivity contribution in [3.8, 4) is 0 Å². The van der Waals surface area contributed by atoms with Crippen molar-refractivity contribution in [2.45, 2.75) is 0 Å². The molecule has 0 saturated heterocycles. The summed E-state index contributed by atoms with van der Waals surface area (Å²) in [5, 5.41) is 0. The van der Waals surface area contributed by atoms with Gasteiger partial charge in [0.1, 0.15) is 5.82 Å². The molecule has 1 heterocycles. The third kappa shape index (κ3) is 2.73. The molecule has 0 saturated carbocycles. The quantitative estimate of drug-likeness (QED) is 0.648. The van der Waals surface area contributed by atoms with Gasteiger partial charge in [0.05, 0.1) is 0 Å². The number of halogens is 1. The molecule has 0 unspecified atom stereocenters. The summed E-state index contributed by atoms with van der Waals surface area (Å²) in [6.45, 7) is 0. The molecular formula is C17H13BrN2. The summed E-state index contributed by atoms with van der Waals surface area (Å²) in [5.41, 5.74) is 2.16. The zero-order valence-electron chi connectivity index (χ0n) is 10.8. The van der Waals surface area contributed by atoms with E-state index in [4.69, 9.17) is 0 Å². The van der Waals surface area contributed by atoms with Gasteiger partial charge in [0.2, 0.25) is 0 Å².